The van der Waals surface area contributed by atoms with E-state index in [-0.39, 0.29) is 0 Å². The van der Waals surface area contributed by atoms with Gasteiger partial charge in [0.1, 0.15) is 9.65 Å². The molecule has 0 bridgehead atoms. The molecule has 1 aromatic rings. The highest BCUT2D eigenvalue weighted by Crippen LogP contribution is 2.26. The van der Waals surface area contributed by atoms with Crippen molar-refractivity contribution in [2.75, 3.05) is 0 Å². The summed E-state index contributed by atoms with van der Waals surface area (Å²) in [5, 5.41) is 0. The van der Waals surface area contributed by atoms with Gasteiger partial charge in [-0.25, -0.2) is 0 Å². The van der Waals surface area contributed by atoms with E-state index in [0.29, 0.717) is 0 Å². The average Bonchev–Trinajstić information content (AvgIpc) is 2.27. The van der Waals surface area contributed by atoms with Gasteiger partial charge in [0.2, 0.25) is 11.8 Å². The van der Waals surface area contributed by atoms with Crippen molar-refractivity contribution in [1.29, 1.82) is 0 Å². The molecule has 2 amide bonds. The van der Waals surface area contributed by atoms with Gasteiger partial charge in [-0.2, -0.15) is 0 Å². The van der Waals surface area contributed by atoms with Crippen LogP contribution in [-0.2, 0) is 9.59 Å². The van der Waals surface area contributed by atoms with Gasteiger partial charge >= 0.3 is 0 Å². The monoisotopic (exact) mass is 348 g/mol. The van der Waals surface area contributed by atoms with E-state index in [1.165, 1.54) is 0 Å². The maximum atomic E-state index is 10.9. The van der Waals surface area contributed by atoms with Crippen molar-refractivity contribution in [3.05, 3.63) is 35.4 Å². The number of benzene rings is 1. The first kappa shape index (κ1) is 13.2. The second-order valence-electron chi connectivity index (χ2n) is 3.20. The van der Waals surface area contributed by atoms with Crippen molar-refractivity contribution in [3.63, 3.8) is 0 Å². The second kappa shape index (κ2) is 5.45. The topological polar surface area (TPSA) is 86.2 Å². The molecule has 0 spiro atoms. The fraction of sp³-hybridized carbons (Fsp3) is 0.200. The predicted molar refractivity (Wildman–Crippen MR) is 68.2 cm³/mol. The first-order chi connectivity index (χ1) is 7.43. The average molecular weight is 350 g/mol. The predicted octanol–water partition coefficient (Wildman–Crippen LogP) is 1.53. The molecular weight excluding hydrogens is 340 g/mol. The molecule has 2 unspecified atom stereocenters. The number of amides is 2. The summed E-state index contributed by atoms with van der Waals surface area (Å²) in [6.07, 6.45) is 0. The number of carbonyl (C=O) groups excluding carboxylic acids is 2. The van der Waals surface area contributed by atoms with Gasteiger partial charge in [-0.05, 0) is 11.1 Å². The Morgan fingerprint density at radius 1 is 0.875 bits per heavy atom. The summed E-state index contributed by atoms with van der Waals surface area (Å²) in [5.74, 6) is -0.920. The molecule has 0 fully saturated rings. The Morgan fingerprint density at radius 3 is 1.31 bits per heavy atom. The minimum atomic E-state index is -0.524. The van der Waals surface area contributed by atoms with Gasteiger partial charge in [0.15, 0.2) is 0 Å². The minimum absolute atomic E-state index is 0.460. The van der Waals surface area contributed by atoms with E-state index in [4.69, 9.17) is 11.5 Å². The lowest BCUT2D eigenvalue weighted by Gasteiger charge is -2.09. The fourth-order valence-electron chi connectivity index (χ4n) is 1.16. The van der Waals surface area contributed by atoms with Crippen molar-refractivity contribution in [1.82, 2.24) is 0 Å². The third-order valence-corrected chi connectivity index (χ3v) is 3.98. The van der Waals surface area contributed by atoms with Crippen molar-refractivity contribution in [2.24, 2.45) is 11.5 Å². The number of alkyl halides is 2. The molecule has 0 saturated carbocycles. The Bertz CT molecular complexity index is 367. The lowest BCUT2D eigenvalue weighted by atomic mass is 10.1. The quantitative estimate of drug-likeness (QED) is 0.807. The molecule has 0 aliphatic rings. The Hall–Kier alpha value is -0.880. The normalized spacial score (nSPS) is 14.1. The van der Waals surface area contributed by atoms with Crippen LogP contribution < -0.4 is 11.5 Å². The molecule has 4 nitrogen and oxygen atoms in total. The van der Waals surface area contributed by atoms with Crippen LogP contribution in [0, 0.1) is 0 Å². The van der Waals surface area contributed by atoms with E-state index in [9.17, 15) is 9.59 Å². The van der Waals surface area contributed by atoms with E-state index in [2.05, 4.69) is 31.9 Å². The van der Waals surface area contributed by atoms with Crippen LogP contribution in [0.5, 0.6) is 0 Å². The zero-order valence-corrected chi connectivity index (χ0v) is 11.4. The summed E-state index contributed by atoms with van der Waals surface area (Å²) >= 11 is 6.33. The van der Waals surface area contributed by atoms with Crippen LogP contribution in [0.25, 0.3) is 0 Å². The summed E-state index contributed by atoms with van der Waals surface area (Å²) in [6, 6.07) is 6.88. The lowest BCUT2D eigenvalue weighted by Crippen LogP contribution is -2.18. The maximum Gasteiger partial charge on any atom is 0.235 e. The van der Waals surface area contributed by atoms with Crippen LogP contribution in [0.15, 0.2) is 24.3 Å². The summed E-state index contributed by atoms with van der Waals surface area (Å²) in [5.41, 5.74) is 11.8. The van der Waals surface area contributed by atoms with Crippen LogP contribution in [0.3, 0.4) is 0 Å². The van der Waals surface area contributed by atoms with E-state index < -0.39 is 21.5 Å². The molecule has 0 radical (unpaired) electrons. The van der Waals surface area contributed by atoms with Gasteiger partial charge in [-0.1, -0.05) is 56.1 Å². The minimum Gasteiger partial charge on any atom is -0.368 e. The van der Waals surface area contributed by atoms with Gasteiger partial charge in [0, 0.05) is 0 Å². The molecule has 6 heteroatoms. The molecule has 2 atom stereocenters. The number of nitrogens with two attached hydrogens (primary N) is 2. The summed E-state index contributed by atoms with van der Waals surface area (Å²) in [4.78, 5) is 20.8. The van der Waals surface area contributed by atoms with Crippen molar-refractivity contribution < 1.29 is 9.59 Å². The van der Waals surface area contributed by atoms with Crippen LogP contribution in [0.1, 0.15) is 20.8 Å². The van der Waals surface area contributed by atoms with Crippen molar-refractivity contribution >= 4 is 43.7 Å². The summed E-state index contributed by atoms with van der Waals surface area (Å²) < 4.78 is 0. The number of hydrogen-bond acceptors (Lipinski definition) is 2. The first-order valence-electron chi connectivity index (χ1n) is 4.40. The third-order valence-electron chi connectivity index (χ3n) is 2.02. The van der Waals surface area contributed by atoms with E-state index >= 15 is 0 Å². The zero-order valence-electron chi connectivity index (χ0n) is 8.19. The molecule has 1 aromatic carbocycles. The first-order valence-corrected chi connectivity index (χ1v) is 6.23. The number of halogens is 2. The molecule has 0 saturated heterocycles. The van der Waals surface area contributed by atoms with Crippen molar-refractivity contribution in [2.45, 2.75) is 9.65 Å². The maximum absolute atomic E-state index is 10.9. The standard InChI is InChI=1S/C10H10Br2N2O2/c11-7(9(13)15)5-1-2-6(4-3-5)8(12)10(14)16/h1-4,7-8H,(H2,13,15)(H2,14,16). The highest BCUT2D eigenvalue weighted by atomic mass is 79.9. The van der Waals surface area contributed by atoms with Crippen LogP contribution in [0.4, 0.5) is 0 Å². The Morgan fingerprint density at radius 2 is 1.12 bits per heavy atom. The Kier molecular flexibility index (Phi) is 4.49. The summed E-state index contributed by atoms with van der Waals surface area (Å²) in [7, 11) is 0. The molecule has 4 N–H and O–H groups in total. The molecule has 0 aromatic heterocycles. The fourth-order valence-corrected chi connectivity index (χ4v) is 1.77. The molecule has 86 valence electrons. The SMILES string of the molecule is NC(=O)C(Br)c1ccc(C(Br)C(N)=O)cc1. The number of primary amides is 2. The Labute approximate surface area is 110 Å². The second-order valence-corrected chi connectivity index (χ2v) is 5.03. The highest BCUT2D eigenvalue weighted by Gasteiger charge is 2.16. The molecule has 16 heavy (non-hydrogen) atoms. The van der Waals surface area contributed by atoms with Gasteiger partial charge < -0.3 is 11.5 Å². The number of carbonyl (C=O) groups is 2. The van der Waals surface area contributed by atoms with Gasteiger partial charge in [0.25, 0.3) is 0 Å². The van der Waals surface area contributed by atoms with E-state index in [0.717, 1.165) is 11.1 Å². The van der Waals surface area contributed by atoms with Gasteiger partial charge in [0.05, 0.1) is 0 Å². The van der Waals surface area contributed by atoms with E-state index in [1.807, 2.05) is 0 Å². The molecule has 0 aliphatic heterocycles. The molecule has 1 rings (SSSR count). The van der Waals surface area contributed by atoms with E-state index in [1.54, 1.807) is 24.3 Å². The number of rotatable bonds is 4. The highest BCUT2D eigenvalue weighted by molar-refractivity contribution is 9.09. The summed E-state index contributed by atoms with van der Waals surface area (Å²) in [6.45, 7) is 0. The van der Waals surface area contributed by atoms with Crippen LogP contribution in [-0.4, -0.2) is 11.8 Å². The number of hydrogen-bond donors (Lipinski definition) is 2. The lowest BCUT2D eigenvalue weighted by molar-refractivity contribution is -0.118. The third kappa shape index (κ3) is 3.05. The molecule has 0 heterocycles. The van der Waals surface area contributed by atoms with Crippen LogP contribution >= 0.6 is 31.9 Å². The zero-order chi connectivity index (χ0) is 12.3. The molecule has 0 aliphatic carbocycles. The van der Waals surface area contributed by atoms with Crippen LogP contribution in [0.2, 0.25) is 0 Å². The van der Waals surface area contributed by atoms with Crippen molar-refractivity contribution in [3.8, 4) is 0 Å². The van der Waals surface area contributed by atoms with Gasteiger partial charge in [-0.3, -0.25) is 9.59 Å². The molecular formula is C10H10Br2N2O2. The Balaban J connectivity index is 2.91. The smallest absolute Gasteiger partial charge is 0.235 e. The van der Waals surface area contributed by atoms with Gasteiger partial charge in [-0.15, -0.1) is 0 Å². The largest absolute Gasteiger partial charge is 0.368 e.